The number of hydrogen-bond donors (Lipinski definition) is 4. The fourth-order valence-electron chi connectivity index (χ4n) is 2.84. The molecule has 3 amide bonds. The van der Waals surface area contributed by atoms with Crippen LogP contribution in [0.2, 0.25) is 0 Å². The zero-order valence-electron chi connectivity index (χ0n) is 13.9. The number of aromatic nitrogens is 3. The number of urea groups is 1. The second-order valence-electron chi connectivity index (χ2n) is 5.92. The van der Waals surface area contributed by atoms with Crippen molar-refractivity contribution in [1.82, 2.24) is 20.3 Å². The van der Waals surface area contributed by atoms with Crippen molar-refractivity contribution in [2.24, 2.45) is 0 Å². The molecule has 3 aromatic rings. The van der Waals surface area contributed by atoms with Crippen LogP contribution in [-0.4, -0.2) is 40.0 Å². The predicted octanol–water partition coefficient (Wildman–Crippen LogP) is 0.393. The molecule has 2 aromatic heterocycles. The number of carbonyl (C=O) groups is 2. The van der Waals surface area contributed by atoms with Gasteiger partial charge in [0.05, 0.1) is 10.9 Å². The second-order valence-corrected chi connectivity index (χ2v) is 5.92. The van der Waals surface area contributed by atoms with Crippen LogP contribution < -0.4 is 26.8 Å². The van der Waals surface area contributed by atoms with Crippen LogP contribution in [0.4, 0.5) is 16.2 Å². The quantitative estimate of drug-likeness (QED) is 0.531. The Hall–Kier alpha value is -3.95. The summed E-state index contributed by atoms with van der Waals surface area (Å²) in [6.45, 7) is 1.11. The minimum absolute atomic E-state index is 0.0994. The van der Waals surface area contributed by atoms with Gasteiger partial charge in [0, 0.05) is 30.7 Å². The molecule has 0 unspecified atom stereocenters. The lowest BCUT2D eigenvalue weighted by Gasteiger charge is -2.15. The maximum Gasteiger partial charge on any atom is 0.327 e. The molecule has 3 heterocycles. The number of carbonyl (C=O) groups excluding carboxylic acids is 2. The highest BCUT2D eigenvalue weighted by Gasteiger charge is 2.21. The molecule has 0 aliphatic carbocycles. The molecule has 1 saturated heterocycles. The van der Waals surface area contributed by atoms with Crippen LogP contribution >= 0.6 is 0 Å². The van der Waals surface area contributed by atoms with E-state index in [0.29, 0.717) is 24.5 Å². The minimum Gasteiger partial charge on any atom is -0.336 e. The summed E-state index contributed by atoms with van der Waals surface area (Å²) < 4.78 is 0. The zero-order valence-corrected chi connectivity index (χ0v) is 13.9. The number of H-pyrrole nitrogens is 2. The fraction of sp³-hybridized carbons (Fsp3) is 0.118. The Balaban J connectivity index is 1.61. The van der Waals surface area contributed by atoms with Gasteiger partial charge in [-0.15, -0.1) is 0 Å². The maximum absolute atomic E-state index is 12.5. The van der Waals surface area contributed by atoms with Crippen LogP contribution in [-0.2, 0) is 0 Å². The Morgan fingerprint density at radius 2 is 2.00 bits per heavy atom. The summed E-state index contributed by atoms with van der Waals surface area (Å²) in [5.74, 6) is -0.474. The molecular weight excluding hydrogens is 352 g/mol. The average molecular weight is 366 g/mol. The summed E-state index contributed by atoms with van der Waals surface area (Å²) in [5.41, 5.74) is 0.116. The van der Waals surface area contributed by atoms with Crippen molar-refractivity contribution in [2.75, 3.05) is 23.3 Å². The second kappa shape index (κ2) is 6.41. The molecular formula is C17H14N6O4. The van der Waals surface area contributed by atoms with Crippen LogP contribution in [0.15, 0.2) is 46.1 Å². The van der Waals surface area contributed by atoms with Gasteiger partial charge in [0.2, 0.25) is 0 Å². The molecule has 10 nitrogen and oxygen atoms in total. The van der Waals surface area contributed by atoms with Crippen LogP contribution in [0.1, 0.15) is 10.4 Å². The monoisotopic (exact) mass is 366 g/mol. The first-order chi connectivity index (χ1) is 13.0. The van der Waals surface area contributed by atoms with Crippen molar-refractivity contribution in [3.8, 4) is 0 Å². The molecule has 1 aromatic carbocycles. The number of amides is 3. The van der Waals surface area contributed by atoms with Crippen molar-refractivity contribution in [3.05, 3.63) is 62.9 Å². The lowest BCUT2D eigenvalue weighted by molar-refractivity contribution is 0.102. The highest BCUT2D eigenvalue weighted by Crippen LogP contribution is 2.21. The highest BCUT2D eigenvalue weighted by molar-refractivity contribution is 6.06. The third kappa shape index (κ3) is 3.15. The first-order valence-corrected chi connectivity index (χ1v) is 8.10. The summed E-state index contributed by atoms with van der Waals surface area (Å²) in [7, 11) is 0. The first kappa shape index (κ1) is 16.5. The van der Waals surface area contributed by atoms with Gasteiger partial charge >= 0.3 is 11.7 Å². The molecule has 0 bridgehead atoms. The standard InChI is InChI=1S/C17H14N6O4/c24-14(9-6-12-13(19-8-9)21-16(26)22-15(12)25)20-10-2-1-3-11(7-10)23-5-4-18-17(23)27/h1-3,6-8H,4-5H2,(H,18,27)(H,20,24)(H2,19,21,22,25,26). The van der Waals surface area contributed by atoms with E-state index in [0.717, 1.165) is 0 Å². The molecule has 27 heavy (non-hydrogen) atoms. The number of anilines is 2. The van der Waals surface area contributed by atoms with Gasteiger partial charge in [-0.1, -0.05) is 6.07 Å². The van der Waals surface area contributed by atoms with E-state index in [-0.39, 0.29) is 22.6 Å². The predicted molar refractivity (Wildman–Crippen MR) is 98.1 cm³/mol. The molecule has 4 rings (SSSR count). The Bertz CT molecular complexity index is 1180. The molecule has 1 aliphatic heterocycles. The number of aromatic amines is 2. The van der Waals surface area contributed by atoms with E-state index < -0.39 is 17.2 Å². The van der Waals surface area contributed by atoms with E-state index in [2.05, 4.69) is 25.6 Å². The average Bonchev–Trinajstić information content (AvgIpc) is 3.07. The minimum atomic E-state index is -0.667. The van der Waals surface area contributed by atoms with E-state index >= 15 is 0 Å². The number of benzene rings is 1. The Morgan fingerprint density at radius 1 is 1.15 bits per heavy atom. The van der Waals surface area contributed by atoms with Crippen molar-refractivity contribution >= 4 is 34.3 Å². The zero-order chi connectivity index (χ0) is 19.0. The van der Waals surface area contributed by atoms with Gasteiger partial charge in [0.25, 0.3) is 11.5 Å². The lowest BCUT2D eigenvalue weighted by atomic mass is 10.2. The molecule has 0 radical (unpaired) electrons. The molecule has 0 spiro atoms. The molecule has 10 heteroatoms. The molecule has 1 aliphatic rings. The van der Waals surface area contributed by atoms with Gasteiger partial charge in [-0.2, -0.15) is 0 Å². The van der Waals surface area contributed by atoms with E-state index in [1.165, 1.54) is 12.3 Å². The van der Waals surface area contributed by atoms with E-state index in [4.69, 9.17) is 0 Å². The van der Waals surface area contributed by atoms with Crippen molar-refractivity contribution in [3.63, 3.8) is 0 Å². The van der Waals surface area contributed by atoms with Crippen LogP contribution in [0, 0.1) is 0 Å². The first-order valence-electron chi connectivity index (χ1n) is 8.10. The van der Waals surface area contributed by atoms with E-state index in [1.807, 2.05) is 0 Å². The van der Waals surface area contributed by atoms with Crippen molar-refractivity contribution in [2.45, 2.75) is 0 Å². The fourth-order valence-corrected chi connectivity index (χ4v) is 2.84. The van der Waals surface area contributed by atoms with Gasteiger partial charge in [0.1, 0.15) is 5.65 Å². The molecule has 0 atom stereocenters. The van der Waals surface area contributed by atoms with Crippen molar-refractivity contribution in [1.29, 1.82) is 0 Å². The number of fused-ring (bicyclic) bond motifs is 1. The summed E-state index contributed by atoms with van der Waals surface area (Å²) >= 11 is 0. The Morgan fingerprint density at radius 3 is 2.78 bits per heavy atom. The third-order valence-electron chi connectivity index (χ3n) is 4.13. The summed E-state index contributed by atoms with van der Waals surface area (Å²) in [6.07, 6.45) is 1.27. The number of pyridine rings is 1. The van der Waals surface area contributed by atoms with Gasteiger partial charge in [-0.3, -0.25) is 24.5 Å². The highest BCUT2D eigenvalue weighted by atomic mass is 16.2. The number of nitrogens with one attached hydrogen (secondary N) is 4. The number of nitrogens with zero attached hydrogens (tertiary/aromatic N) is 2. The summed E-state index contributed by atoms with van der Waals surface area (Å²) in [6, 6.07) is 8.03. The van der Waals surface area contributed by atoms with Gasteiger partial charge in [-0.25, -0.2) is 14.6 Å². The molecule has 1 fully saturated rings. The van der Waals surface area contributed by atoms with E-state index in [9.17, 15) is 19.2 Å². The van der Waals surface area contributed by atoms with Crippen LogP contribution in [0.25, 0.3) is 11.0 Å². The van der Waals surface area contributed by atoms with Crippen LogP contribution in [0.3, 0.4) is 0 Å². The molecule has 0 saturated carbocycles. The topological polar surface area (TPSA) is 140 Å². The normalized spacial score (nSPS) is 13.6. The van der Waals surface area contributed by atoms with E-state index in [1.54, 1.807) is 29.2 Å². The Kier molecular flexibility index (Phi) is 3.92. The van der Waals surface area contributed by atoms with Gasteiger partial charge < -0.3 is 10.6 Å². The Labute approximate surface area is 151 Å². The third-order valence-corrected chi connectivity index (χ3v) is 4.13. The van der Waals surface area contributed by atoms with Gasteiger partial charge in [0.15, 0.2) is 0 Å². The smallest absolute Gasteiger partial charge is 0.327 e. The number of hydrogen-bond acceptors (Lipinski definition) is 5. The van der Waals surface area contributed by atoms with Gasteiger partial charge in [-0.05, 0) is 24.3 Å². The summed E-state index contributed by atoms with van der Waals surface area (Å²) in [4.78, 5) is 57.4. The summed E-state index contributed by atoms with van der Waals surface area (Å²) in [5, 5.41) is 5.53. The van der Waals surface area contributed by atoms with Crippen LogP contribution in [0.5, 0.6) is 0 Å². The van der Waals surface area contributed by atoms with Crippen molar-refractivity contribution < 1.29 is 9.59 Å². The molecule has 4 N–H and O–H groups in total. The SMILES string of the molecule is O=C(Nc1cccc(N2CCNC2=O)c1)c1cnc2[nH]c(=O)[nH]c(=O)c2c1. The maximum atomic E-state index is 12.5. The largest absolute Gasteiger partial charge is 0.336 e. The number of rotatable bonds is 3. The molecule has 136 valence electrons. The lowest BCUT2D eigenvalue weighted by Crippen LogP contribution is -2.27.